The molecule has 1 amide bonds. The Morgan fingerprint density at radius 3 is 2.88 bits per heavy atom. The highest BCUT2D eigenvalue weighted by molar-refractivity contribution is 5.93. The summed E-state index contributed by atoms with van der Waals surface area (Å²) in [7, 11) is 0. The topological polar surface area (TPSA) is 83.6 Å². The van der Waals surface area contributed by atoms with Gasteiger partial charge in [0.25, 0.3) is 5.91 Å². The van der Waals surface area contributed by atoms with Crippen molar-refractivity contribution in [3.63, 3.8) is 0 Å². The minimum absolute atomic E-state index is 0.248. The van der Waals surface area contributed by atoms with Crippen LogP contribution in [0.2, 0.25) is 0 Å². The van der Waals surface area contributed by atoms with Gasteiger partial charge in [-0.1, -0.05) is 12.1 Å². The summed E-state index contributed by atoms with van der Waals surface area (Å²) >= 11 is 0. The Morgan fingerprint density at radius 1 is 1.41 bits per heavy atom. The maximum atomic E-state index is 12.0. The molecule has 2 N–H and O–H groups in total. The molecule has 2 rings (SSSR count). The quantitative estimate of drug-likeness (QED) is 0.839. The first-order valence-electron chi connectivity index (χ1n) is 4.60. The Labute approximate surface area is 94.0 Å². The lowest BCUT2D eigenvalue weighted by atomic mass is 10.2. The Hall–Kier alpha value is -2.38. The van der Waals surface area contributed by atoms with Crippen LogP contribution in [0.15, 0.2) is 24.3 Å². The lowest BCUT2D eigenvalue weighted by molar-refractivity contribution is -0.126. The zero-order chi connectivity index (χ0) is 12.3. The Bertz CT molecular complexity index is 514. The lowest BCUT2D eigenvalue weighted by Gasteiger charge is -2.04. The van der Waals surface area contributed by atoms with Gasteiger partial charge in [0.15, 0.2) is 0 Å². The summed E-state index contributed by atoms with van der Waals surface area (Å²) in [6, 6.07) is 6.23. The van der Waals surface area contributed by atoms with E-state index in [2.05, 4.69) is 25.9 Å². The van der Waals surface area contributed by atoms with Crippen molar-refractivity contribution in [3.8, 4) is 11.4 Å². The molecule has 0 radical (unpaired) electrons. The fourth-order valence-electron chi connectivity index (χ4n) is 1.22. The van der Waals surface area contributed by atoms with Crippen LogP contribution in [-0.4, -0.2) is 33.0 Å². The number of anilines is 1. The predicted molar refractivity (Wildman–Crippen MR) is 54.2 cm³/mol. The summed E-state index contributed by atoms with van der Waals surface area (Å²) in [6.45, 7) is 0. The Balaban J connectivity index is 2.20. The average Bonchev–Trinajstić information content (AvgIpc) is 2.82. The van der Waals surface area contributed by atoms with E-state index < -0.39 is 12.3 Å². The molecule has 17 heavy (non-hydrogen) atoms. The van der Waals surface area contributed by atoms with E-state index in [0.717, 1.165) is 0 Å². The van der Waals surface area contributed by atoms with Crippen LogP contribution in [0.5, 0.6) is 0 Å². The number of hydrogen-bond acceptors (Lipinski definition) is 4. The molecule has 6 nitrogen and oxygen atoms in total. The molecule has 0 saturated carbocycles. The molecule has 0 aliphatic rings. The van der Waals surface area contributed by atoms with E-state index in [1.54, 1.807) is 12.1 Å². The monoisotopic (exact) mass is 239 g/mol. The molecular formula is C9H7F2N5O. The van der Waals surface area contributed by atoms with Crippen molar-refractivity contribution >= 4 is 11.6 Å². The maximum absolute atomic E-state index is 12.0. The van der Waals surface area contributed by atoms with Crippen LogP contribution in [0, 0.1) is 0 Å². The highest BCUT2D eigenvalue weighted by atomic mass is 19.3. The smallest absolute Gasteiger partial charge is 0.315 e. The molecule has 88 valence electrons. The van der Waals surface area contributed by atoms with Gasteiger partial charge in [0.1, 0.15) is 0 Å². The molecule has 0 unspecified atom stereocenters. The third-order valence-corrected chi connectivity index (χ3v) is 1.93. The van der Waals surface area contributed by atoms with Gasteiger partial charge >= 0.3 is 6.43 Å². The summed E-state index contributed by atoms with van der Waals surface area (Å²) in [5.74, 6) is -1.03. The normalized spacial score (nSPS) is 10.5. The molecule has 2 aromatic rings. The molecule has 0 spiro atoms. The number of benzene rings is 1. The van der Waals surface area contributed by atoms with Crippen LogP contribution in [-0.2, 0) is 4.79 Å². The molecular weight excluding hydrogens is 232 g/mol. The van der Waals surface area contributed by atoms with Gasteiger partial charge in [-0.25, -0.2) is 0 Å². The van der Waals surface area contributed by atoms with Crippen molar-refractivity contribution in [1.29, 1.82) is 0 Å². The van der Waals surface area contributed by atoms with Gasteiger partial charge in [0.05, 0.1) is 0 Å². The molecule has 1 heterocycles. The SMILES string of the molecule is O=C(Nc1cccc(-c2nn[nH]n2)c1)C(F)F. The number of rotatable bonds is 3. The summed E-state index contributed by atoms with van der Waals surface area (Å²) < 4.78 is 24.1. The number of hydrogen-bond donors (Lipinski definition) is 2. The van der Waals surface area contributed by atoms with Crippen LogP contribution < -0.4 is 5.32 Å². The lowest BCUT2D eigenvalue weighted by Crippen LogP contribution is -2.19. The molecule has 0 aliphatic carbocycles. The number of nitrogens with one attached hydrogen (secondary N) is 2. The molecule has 1 aromatic carbocycles. The van der Waals surface area contributed by atoms with E-state index in [1.165, 1.54) is 12.1 Å². The van der Waals surface area contributed by atoms with Crippen molar-refractivity contribution < 1.29 is 13.6 Å². The van der Waals surface area contributed by atoms with Crippen LogP contribution in [0.4, 0.5) is 14.5 Å². The largest absolute Gasteiger partial charge is 0.321 e. The summed E-state index contributed by atoms with van der Waals surface area (Å²) in [5, 5.41) is 15.2. The molecule has 0 saturated heterocycles. The van der Waals surface area contributed by atoms with Crippen molar-refractivity contribution in [3.05, 3.63) is 24.3 Å². The van der Waals surface area contributed by atoms with Crippen LogP contribution >= 0.6 is 0 Å². The van der Waals surface area contributed by atoms with E-state index in [0.29, 0.717) is 11.4 Å². The van der Waals surface area contributed by atoms with Crippen molar-refractivity contribution in [2.45, 2.75) is 6.43 Å². The predicted octanol–water partition coefficient (Wildman–Crippen LogP) is 1.07. The third-order valence-electron chi connectivity index (χ3n) is 1.93. The highest BCUT2D eigenvalue weighted by Gasteiger charge is 2.15. The molecule has 0 bridgehead atoms. The maximum Gasteiger partial charge on any atom is 0.315 e. The van der Waals surface area contributed by atoms with Crippen LogP contribution in [0.1, 0.15) is 0 Å². The zero-order valence-electron chi connectivity index (χ0n) is 8.39. The number of carbonyl (C=O) groups excluding carboxylic acids is 1. The molecule has 0 aliphatic heterocycles. The van der Waals surface area contributed by atoms with Crippen molar-refractivity contribution in [2.24, 2.45) is 0 Å². The molecule has 1 aromatic heterocycles. The molecule has 0 atom stereocenters. The van der Waals surface area contributed by atoms with Gasteiger partial charge < -0.3 is 5.32 Å². The van der Waals surface area contributed by atoms with E-state index in [1.807, 2.05) is 0 Å². The number of carbonyl (C=O) groups is 1. The van der Waals surface area contributed by atoms with Gasteiger partial charge in [0.2, 0.25) is 5.82 Å². The number of amides is 1. The summed E-state index contributed by atoms with van der Waals surface area (Å²) in [4.78, 5) is 10.8. The van der Waals surface area contributed by atoms with Crippen molar-refractivity contribution in [2.75, 3.05) is 5.32 Å². The minimum atomic E-state index is -3.05. The number of tetrazole rings is 1. The third kappa shape index (κ3) is 2.60. The number of nitrogens with zero attached hydrogens (tertiary/aromatic N) is 3. The standard InChI is InChI=1S/C9H7F2N5O/c10-7(11)9(17)12-6-3-1-2-5(4-6)8-13-15-16-14-8/h1-4,7H,(H,12,17)(H,13,14,15,16). The highest BCUT2D eigenvalue weighted by Crippen LogP contribution is 2.18. The Kier molecular flexibility index (Phi) is 3.03. The van der Waals surface area contributed by atoms with Gasteiger partial charge in [-0.05, 0) is 17.3 Å². The summed E-state index contributed by atoms with van der Waals surface area (Å²) in [6.07, 6.45) is -3.05. The first-order valence-corrected chi connectivity index (χ1v) is 4.60. The fourth-order valence-corrected chi connectivity index (χ4v) is 1.22. The molecule has 8 heteroatoms. The number of aromatic nitrogens is 4. The molecule has 0 fully saturated rings. The first kappa shape index (κ1) is 11.1. The van der Waals surface area contributed by atoms with Crippen LogP contribution in [0.25, 0.3) is 11.4 Å². The second-order valence-electron chi connectivity index (χ2n) is 3.11. The van der Waals surface area contributed by atoms with Gasteiger partial charge in [-0.15, -0.1) is 10.2 Å². The van der Waals surface area contributed by atoms with Gasteiger partial charge in [-0.2, -0.15) is 14.0 Å². The van der Waals surface area contributed by atoms with E-state index in [9.17, 15) is 13.6 Å². The zero-order valence-corrected chi connectivity index (χ0v) is 8.39. The number of aromatic amines is 1. The fraction of sp³-hybridized carbons (Fsp3) is 0.111. The first-order chi connectivity index (χ1) is 8.16. The summed E-state index contributed by atoms with van der Waals surface area (Å²) in [5.41, 5.74) is 0.809. The number of H-pyrrole nitrogens is 1. The van der Waals surface area contributed by atoms with Gasteiger partial charge in [-0.3, -0.25) is 4.79 Å². The van der Waals surface area contributed by atoms with Gasteiger partial charge in [0, 0.05) is 11.3 Å². The van der Waals surface area contributed by atoms with E-state index >= 15 is 0 Å². The minimum Gasteiger partial charge on any atom is -0.321 e. The van der Waals surface area contributed by atoms with Crippen molar-refractivity contribution in [1.82, 2.24) is 20.6 Å². The van der Waals surface area contributed by atoms with E-state index in [-0.39, 0.29) is 5.69 Å². The Morgan fingerprint density at radius 2 is 2.24 bits per heavy atom. The van der Waals surface area contributed by atoms with E-state index in [4.69, 9.17) is 0 Å². The van der Waals surface area contributed by atoms with Crippen LogP contribution in [0.3, 0.4) is 0 Å². The second-order valence-corrected chi connectivity index (χ2v) is 3.11. The number of alkyl halides is 2. The number of halogens is 2. The average molecular weight is 239 g/mol. The second kappa shape index (κ2) is 4.64.